The number of carbonyl (C=O) groups excluding carboxylic acids is 1. The highest BCUT2D eigenvalue weighted by Gasteiger charge is 2.26. The van der Waals surface area contributed by atoms with Crippen LogP contribution in [0.3, 0.4) is 0 Å². The molecule has 1 saturated heterocycles. The quantitative estimate of drug-likeness (QED) is 0.896. The largest absolute Gasteiger partial charge is 0.370 e. The summed E-state index contributed by atoms with van der Waals surface area (Å²) in [6.45, 7) is 5.92. The van der Waals surface area contributed by atoms with Crippen LogP contribution in [0.25, 0.3) is 0 Å². The summed E-state index contributed by atoms with van der Waals surface area (Å²) in [6.07, 6.45) is 7.46. The number of likely N-dealkylation sites (tertiary alicyclic amines) is 1. The molecule has 1 N–H and O–H groups in total. The van der Waals surface area contributed by atoms with Crippen LogP contribution in [0.1, 0.15) is 56.3 Å². The van der Waals surface area contributed by atoms with Crippen LogP contribution in [0.4, 0.5) is 5.82 Å². The van der Waals surface area contributed by atoms with Crippen molar-refractivity contribution in [2.75, 3.05) is 18.4 Å². The van der Waals surface area contributed by atoms with Crippen LogP contribution in [0, 0.1) is 0 Å². The minimum absolute atomic E-state index is 0.157. The summed E-state index contributed by atoms with van der Waals surface area (Å²) in [6, 6.07) is 4.10. The fraction of sp³-hybridized carbons (Fsp3) is 0.625. The van der Waals surface area contributed by atoms with Gasteiger partial charge in [-0.25, -0.2) is 4.98 Å². The number of nitrogens with one attached hydrogen (secondary N) is 1. The standard InChI is InChI=1S/C16H25N3O/c1-3-7-14-8-5-6-11-19(14)16(20)13-9-10-18-15(12-13)17-4-2/h9-10,12,14H,3-8,11H2,1-2H3,(H,17,18). The van der Waals surface area contributed by atoms with Gasteiger partial charge in [0.25, 0.3) is 5.91 Å². The third-order valence-corrected chi connectivity index (χ3v) is 3.87. The van der Waals surface area contributed by atoms with Crippen molar-refractivity contribution >= 4 is 11.7 Å². The molecule has 1 aliphatic rings. The predicted molar refractivity (Wildman–Crippen MR) is 82.0 cm³/mol. The zero-order valence-corrected chi connectivity index (χ0v) is 12.6. The SMILES string of the molecule is CCCC1CCCCN1C(=O)c1ccnc(NCC)c1. The number of rotatable bonds is 5. The van der Waals surface area contributed by atoms with E-state index >= 15 is 0 Å². The number of nitrogens with zero attached hydrogens (tertiary/aromatic N) is 2. The van der Waals surface area contributed by atoms with Crippen LogP contribution < -0.4 is 5.32 Å². The molecule has 110 valence electrons. The number of pyridine rings is 1. The lowest BCUT2D eigenvalue weighted by molar-refractivity contribution is 0.0600. The zero-order valence-electron chi connectivity index (χ0n) is 12.6. The van der Waals surface area contributed by atoms with Crippen LogP contribution in [0.15, 0.2) is 18.3 Å². The van der Waals surface area contributed by atoms with Crippen molar-refractivity contribution < 1.29 is 4.79 Å². The maximum absolute atomic E-state index is 12.7. The van der Waals surface area contributed by atoms with Crippen LogP contribution >= 0.6 is 0 Å². The molecule has 1 atom stereocenters. The minimum Gasteiger partial charge on any atom is -0.370 e. The van der Waals surface area contributed by atoms with E-state index in [0.29, 0.717) is 6.04 Å². The maximum Gasteiger partial charge on any atom is 0.254 e. The van der Waals surface area contributed by atoms with E-state index in [1.54, 1.807) is 6.20 Å². The fourth-order valence-electron chi connectivity index (χ4n) is 2.91. The lowest BCUT2D eigenvalue weighted by Gasteiger charge is -2.36. The molecule has 2 heterocycles. The first-order valence-electron chi connectivity index (χ1n) is 7.77. The second kappa shape index (κ2) is 7.27. The average molecular weight is 275 g/mol. The highest BCUT2D eigenvalue weighted by Crippen LogP contribution is 2.23. The summed E-state index contributed by atoms with van der Waals surface area (Å²) < 4.78 is 0. The smallest absolute Gasteiger partial charge is 0.254 e. The van der Waals surface area contributed by atoms with Gasteiger partial charge in [-0.05, 0) is 44.7 Å². The molecular formula is C16H25N3O. The van der Waals surface area contributed by atoms with Crippen LogP contribution in [0.5, 0.6) is 0 Å². The van der Waals surface area contributed by atoms with Crippen molar-refractivity contribution in [1.82, 2.24) is 9.88 Å². The Morgan fingerprint density at radius 3 is 3.05 bits per heavy atom. The third kappa shape index (κ3) is 3.50. The molecule has 1 unspecified atom stereocenters. The first kappa shape index (κ1) is 14.8. The average Bonchev–Trinajstić information content (AvgIpc) is 2.48. The number of amides is 1. The van der Waals surface area contributed by atoms with E-state index in [9.17, 15) is 4.79 Å². The van der Waals surface area contributed by atoms with E-state index in [0.717, 1.165) is 50.2 Å². The van der Waals surface area contributed by atoms with Crippen molar-refractivity contribution in [3.05, 3.63) is 23.9 Å². The Morgan fingerprint density at radius 1 is 1.45 bits per heavy atom. The van der Waals surface area contributed by atoms with E-state index in [4.69, 9.17) is 0 Å². The number of piperidine rings is 1. The zero-order chi connectivity index (χ0) is 14.4. The van der Waals surface area contributed by atoms with Gasteiger partial charge in [-0.2, -0.15) is 0 Å². The molecule has 4 heteroatoms. The second-order valence-corrected chi connectivity index (χ2v) is 5.40. The number of hydrogen-bond donors (Lipinski definition) is 1. The van der Waals surface area contributed by atoms with Crippen molar-refractivity contribution in [2.45, 2.75) is 52.0 Å². The predicted octanol–water partition coefficient (Wildman–Crippen LogP) is 3.31. The van der Waals surface area contributed by atoms with Gasteiger partial charge in [-0.1, -0.05) is 13.3 Å². The first-order chi connectivity index (χ1) is 9.76. The summed E-state index contributed by atoms with van der Waals surface area (Å²) in [4.78, 5) is 19.0. The molecule has 1 aromatic rings. The topological polar surface area (TPSA) is 45.2 Å². The monoisotopic (exact) mass is 275 g/mol. The maximum atomic E-state index is 12.7. The van der Waals surface area contributed by atoms with E-state index < -0.39 is 0 Å². The number of hydrogen-bond acceptors (Lipinski definition) is 3. The number of carbonyl (C=O) groups is 1. The van der Waals surface area contributed by atoms with Gasteiger partial charge < -0.3 is 10.2 Å². The highest BCUT2D eigenvalue weighted by molar-refractivity contribution is 5.95. The van der Waals surface area contributed by atoms with Crippen molar-refractivity contribution in [1.29, 1.82) is 0 Å². The Kier molecular flexibility index (Phi) is 5.39. The first-order valence-corrected chi connectivity index (χ1v) is 7.77. The molecule has 1 aliphatic heterocycles. The van der Waals surface area contributed by atoms with Gasteiger partial charge in [-0.3, -0.25) is 4.79 Å². The summed E-state index contributed by atoms with van der Waals surface area (Å²) in [5.41, 5.74) is 0.749. The molecule has 0 spiro atoms. The second-order valence-electron chi connectivity index (χ2n) is 5.40. The lowest BCUT2D eigenvalue weighted by atomic mass is 9.97. The van der Waals surface area contributed by atoms with E-state index in [2.05, 4.69) is 22.1 Å². The highest BCUT2D eigenvalue weighted by atomic mass is 16.2. The van der Waals surface area contributed by atoms with Crippen molar-refractivity contribution in [3.8, 4) is 0 Å². The van der Waals surface area contributed by atoms with E-state index in [1.165, 1.54) is 6.42 Å². The lowest BCUT2D eigenvalue weighted by Crippen LogP contribution is -2.43. The normalized spacial score (nSPS) is 18.9. The molecule has 1 aromatic heterocycles. The van der Waals surface area contributed by atoms with Gasteiger partial charge in [0, 0.05) is 30.9 Å². The Hall–Kier alpha value is -1.58. The van der Waals surface area contributed by atoms with Gasteiger partial charge in [0.2, 0.25) is 0 Å². The molecule has 0 radical (unpaired) electrons. The number of aromatic nitrogens is 1. The van der Waals surface area contributed by atoms with Gasteiger partial charge >= 0.3 is 0 Å². The van der Waals surface area contributed by atoms with E-state index in [1.807, 2.05) is 19.1 Å². The van der Waals surface area contributed by atoms with Crippen LogP contribution in [0.2, 0.25) is 0 Å². The Morgan fingerprint density at radius 2 is 2.30 bits per heavy atom. The molecular weight excluding hydrogens is 250 g/mol. The van der Waals surface area contributed by atoms with Gasteiger partial charge in [0.05, 0.1) is 0 Å². The summed E-state index contributed by atoms with van der Waals surface area (Å²) >= 11 is 0. The molecule has 2 rings (SSSR count). The number of anilines is 1. The molecule has 20 heavy (non-hydrogen) atoms. The summed E-state index contributed by atoms with van der Waals surface area (Å²) in [7, 11) is 0. The summed E-state index contributed by atoms with van der Waals surface area (Å²) in [5.74, 6) is 0.937. The van der Waals surface area contributed by atoms with Crippen molar-refractivity contribution in [2.24, 2.45) is 0 Å². The van der Waals surface area contributed by atoms with Crippen molar-refractivity contribution in [3.63, 3.8) is 0 Å². The van der Waals surface area contributed by atoms with E-state index in [-0.39, 0.29) is 5.91 Å². The molecule has 0 saturated carbocycles. The van der Waals surface area contributed by atoms with Crippen LogP contribution in [-0.4, -0.2) is 34.9 Å². The fourth-order valence-corrected chi connectivity index (χ4v) is 2.91. The Labute approximate surface area is 121 Å². The minimum atomic E-state index is 0.157. The Balaban J connectivity index is 2.13. The molecule has 0 bridgehead atoms. The molecule has 4 nitrogen and oxygen atoms in total. The molecule has 1 amide bonds. The van der Waals surface area contributed by atoms with Gasteiger partial charge in [-0.15, -0.1) is 0 Å². The summed E-state index contributed by atoms with van der Waals surface area (Å²) in [5, 5.41) is 3.16. The molecule has 0 aliphatic carbocycles. The molecule has 1 fully saturated rings. The van der Waals surface area contributed by atoms with Gasteiger partial charge in [0.1, 0.15) is 5.82 Å². The third-order valence-electron chi connectivity index (χ3n) is 3.87. The Bertz CT molecular complexity index is 445. The molecule has 0 aromatic carbocycles. The van der Waals surface area contributed by atoms with Gasteiger partial charge in [0.15, 0.2) is 0 Å². The van der Waals surface area contributed by atoms with Crippen LogP contribution in [-0.2, 0) is 0 Å².